The third-order valence-corrected chi connectivity index (χ3v) is 9.71. The van der Waals surface area contributed by atoms with E-state index in [0.717, 1.165) is 46.0 Å². The summed E-state index contributed by atoms with van der Waals surface area (Å²) in [5, 5.41) is 10.9. The molecule has 2 fully saturated rings. The lowest BCUT2D eigenvalue weighted by atomic mass is 9.71. The van der Waals surface area contributed by atoms with Gasteiger partial charge in [0.25, 0.3) is 11.8 Å². The van der Waals surface area contributed by atoms with E-state index < -0.39 is 0 Å². The molecule has 0 unspecified atom stereocenters. The summed E-state index contributed by atoms with van der Waals surface area (Å²) in [6.45, 7) is 2.74. The molecule has 0 aliphatic carbocycles. The standard InChI is InChI=1S/C40H37N5O3/c1-41-37(46)20-13-28-11-14-31(15-12-28)38(47)44-23-21-40(22-24-44)26-45(27-40)39(48)32-17-19-36-34(25-32)35(42-43-36)18-16-30-9-5-6-10-33(30)29-7-3-2-4-8-29/h2-12,14-15,17,19,25H,13,20-24,26-27H2,1H3,(H,41,46)(H,42,43). The van der Waals surface area contributed by atoms with Crippen molar-refractivity contribution in [1.82, 2.24) is 25.3 Å². The van der Waals surface area contributed by atoms with Crippen LogP contribution in [0.25, 0.3) is 22.0 Å². The molecule has 0 radical (unpaired) electrons. The fourth-order valence-corrected chi connectivity index (χ4v) is 6.80. The highest BCUT2D eigenvalue weighted by Gasteiger charge is 2.47. The van der Waals surface area contributed by atoms with E-state index in [1.165, 1.54) is 0 Å². The van der Waals surface area contributed by atoms with Crippen molar-refractivity contribution in [3.05, 3.63) is 125 Å². The first-order valence-corrected chi connectivity index (χ1v) is 16.4. The molecule has 8 nitrogen and oxygen atoms in total. The Hall–Kier alpha value is -5.68. The van der Waals surface area contributed by atoms with Crippen LogP contribution in [0.15, 0.2) is 97.1 Å². The first kappa shape index (κ1) is 30.9. The molecule has 7 rings (SSSR count). The number of aryl methyl sites for hydroxylation is 1. The minimum atomic E-state index is 0.00387. The lowest BCUT2D eigenvalue weighted by Gasteiger charge is -2.54. The Bertz CT molecular complexity index is 2040. The number of carbonyl (C=O) groups is 3. The normalized spacial score (nSPS) is 15.0. The summed E-state index contributed by atoms with van der Waals surface area (Å²) in [6, 6.07) is 31.4. The van der Waals surface area contributed by atoms with Crippen molar-refractivity contribution in [2.24, 2.45) is 5.41 Å². The predicted octanol–water partition coefficient (Wildman–Crippen LogP) is 5.69. The van der Waals surface area contributed by atoms with Gasteiger partial charge in [0, 0.05) is 67.1 Å². The fraction of sp³-hybridized carbons (Fsp3) is 0.250. The van der Waals surface area contributed by atoms with Gasteiger partial charge < -0.3 is 15.1 Å². The molecule has 3 heterocycles. The number of carbonyl (C=O) groups excluding carboxylic acids is 3. The monoisotopic (exact) mass is 635 g/mol. The maximum absolute atomic E-state index is 13.6. The quantitative estimate of drug-likeness (QED) is 0.235. The van der Waals surface area contributed by atoms with E-state index in [1.807, 2.05) is 88.7 Å². The number of H-pyrrole nitrogens is 1. The summed E-state index contributed by atoms with van der Waals surface area (Å²) >= 11 is 0. The van der Waals surface area contributed by atoms with Gasteiger partial charge in [0.1, 0.15) is 5.69 Å². The van der Waals surface area contributed by atoms with Crippen LogP contribution in [0.4, 0.5) is 0 Å². The lowest BCUT2D eigenvalue weighted by molar-refractivity contribution is -0.120. The van der Waals surface area contributed by atoms with Crippen molar-refractivity contribution < 1.29 is 14.4 Å². The third kappa shape index (κ3) is 6.32. The van der Waals surface area contributed by atoms with Gasteiger partial charge in [-0.2, -0.15) is 5.10 Å². The second kappa shape index (κ2) is 13.2. The molecule has 0 saturated carbocycles. The summed E-state index contributed by atoms with van der Waals surface area (Å²) in [6.07, 6.45) is 2.82. The van der Waals surface area contributed by atoms with Crippen molar-refractivity contribution in [2.45, 2.75) is 25.7 Å². The van der Waals surface area contributed by atoms with Gasteiger partial charge in [0.05, 0.1) is 5.52 Å². The van der Waals surface area contributed by atoms with Crippen LogP contribution >= 0.6 is 0 Å². The average Bonchev–Trinajstić information content (AvgIpc) is 3.54. The molecule has 2 aliphatic rings. The number of hydrogen-bond donors (Lipinski definition) is 2. The Labute approximate surface area is 280 Å². The molecule has 5 aromatic rings. The number of hydrogen-bond acceptors (Lipinski definition) is 4. The summed E-state index contributed by atoms with van der Waals surface area (Å²) in [7, 11) is 1.63. The van der Waals surface area contributed by atoms with Crippen molar-refractivity contribution in [3.63, 3.8) is 0 Å². The summed E-state index contributed by atoms with van der Waals surface area (Å²) < 4.78 is 0. The number of aromatic amines is 1. The van der Waals surface area contributed by atoms with Crippen LogP contribution in [-0.4, -0.2) is 70.9 Å². The molecule has 1 spiro atoms. The van der Waals surface area contributed by atoms with E-state index in [2.05, 4.69) is 45.6 Å². The van der Waals surface area contributed by atoms with E-state index in [0.29, 0.717) is 55.8 Å². The van der Waals surface area contributed by atoms with Crippen LogP contribution in [0.3, 0.4) is 0 Å². The van der Waals surface area contributed by atoms with Gasteiger partial charge in [-0.15, -0.1) is 0 Å². The average molecular weight is 636 g/mol. The minimum absolute atomic E-state index is 0.00387. The molecule has 3 amide bonds. The Morgan fingerprint density at radius 3 is 2.25 bits per heavy atom. The molecule has 8 heteroatoms. The topological polar surface area (TPSA) is 98.4 Å². The Morgan fingerprint density at radius 2 is 1.50 bits per heavy atom. The minimum Gasteiger partial charge on any atom is -0.359 e. The molecular weight excluding hydrogens is 598 g/mol. The first-order valence-electron chi connectivity index (χ1n) is 16.4. The molecule has 2 N–H and O–H groups in total. The second-order valence-electron chi connectivity index (χ2n) is 12.8. The van der Waals surface area contributed by atoms with Gasteiger partial charge in [-0.3, -0.25) is 19.5 Å². The molecule has 4 aromatic carbocycles. The van der Waals surface area contributed by atoms with E-state index in [-0.39, 0.29) is 23.1 Å². The number of piperidine rings is 1. The molecule has 0 atom stereocenters. The lowest BCUT2D eigenvalue weighted by Crippen LogP contribution is -2.62. The first-order chi connectivity index (χ1) is 23.4. The molecule has 1 aromatic heterocycles. The van der Waals surface area contributed by atoms with E-state index >= 15 is 0 Å². The summed E-state index contributed by atoms with van der Waals surface area (Å²) in [4.78, 5) is 42.1. The number of aromatic nitrogens is 2. The van der Waals surface area contributed by atoms with Crippen LogP contribution in [0, 0.1) is 17.3 Å². The number of nitrogens with one attached hydrogen (secondary N) is 2. The maximum Gasteiger partial charge on any atom is 0.253 e. The Balaban J connectivity index is 0.972. The van der Waals surface area contributed by atoms with Crippen molar-refractivity contribution in [3.8, 4) is 23.0 Å². The number of benzene rings is 4. The van der Waals surface area contributed by atoms with Gasteiger partial charge in [-0.1, -0.05) is 66.6 Å². The molecule has 2 saturated heterocycles. The molecule has 240 valence electrons. The smallest absolute Gasteiger partial charge is 0.253 e. The zero-order valence-electron chi connectivity index (χ0n) is 27.0. The van der Waals surface area contributed by atoms with Crippen molar-refractivity contribution in [2.75, 3.05) is 33.2 Å². The third-order valence-electron chi connectivity index (χ3n) is 9.71. The van der Waals surface area contributed by atoms with Crippen molar-refractivity contribution in [1.29, 1.82) is 0 Å². The van der Waals surface area contributed by atoms with Gasteiger partial charge in [0.2, 0.25) is 5.91 Å². The van der Waals surface area contributed by atoms with Gasteiger partial charge in [-0.25, -0.2) is 0 Å². The number of amides is 3. The second-order valence-corrected chi connectivity index (χ2v) is 12.8. The predicted molar refractivity (Wildman–Crippen MR) is 186 cm³/mol. The molecule has 0 bridgehead atoms. The van der Waals surface area contributed by atoms with Gasteiger partial charge >= 0.3 is 0 Å². The molecular formula is C40H37N5O3. The molecule has 2 aliphatic heterocycles. The van der Waals surface area contributed by atoms with Crippen LogP contribution in [0.1, 0.15) is 56.8 Å². The number of nitrogens with zero attached hydrogens (tertiary/aromatic N) is 3. The van der Waals surface area contributed by atoms with Crippen LogP contribution < -0.4 is 5.32 Å². The van der Waals surface area contributed by atoms with Gasteiger partial charge in [0.15, 0.2) is 0 Å². The highest BCUT2D eigenvalue weighted by atomic mass is 16.2. The zero-order valence-corrected chi connectivity index (χ0v) is 27.0. The summed E-state index contributed by atoms with van der Waals surface area (Å²) in [5.41, 5.74) is 6.92. The highest BCUT2D eigenvalue weighted by Crippen LogP contribution is 2.41. The number of likely N-dealkylation sites (tertiary alicyclic amines) is 2. The van der Waals surface area contributed by atoms with E-state index in [9.17, 15) is 14.4 Å². The fourth-order valence-electron chi connectivity index (χ4n) is 6.80. The SMILES string of the molecule is CNC(=O)CCc1ccc(C(=O)N2CCC3(CC2)CN(C(=O)c2ccc4n[nH]c(C#Cc5ccccc5-c5ccccc5)c4c2)C3)cc1. The van der Waals surface area contributed by atoms with Crippen LogP contribution in [0.2, 0.25) is 0 Å². The van der Waals surface area contributed by atoms with E-state index in [4.69, 9.17) is 0 Å². The zero-order chi connectivity index (χ0) is 33.1. The highest BCUT2D eigenvalue weighted by molar-refractivity contribution is 5.99. The largest absolute Gasteiger partial charge is 0.359 e. The Morgan fingerprint density at radius 1 is 0.812 bits per heavy atom. The van der Waals surface area contributed by atoms with Crippen LogP contribution in [0.5, 0.6) is 0 Å². The van der Waals surface area contributed by atoms with Crippen LogP contribution in [-0.2, 0) is 11.2 Å². The van der Waals surface area contributed by atoms with Gasteiger partial charge in [-0.05, 0) is 78.3 Å². The number of fused-ring (bicyclic) bond motifs is 1. The van der Waals surface area contributed by atoms with Crippen molar-refractivity contribution >= 4 is 28.6 Å². The summed E-state index contributed by atoms with van der Waals surface area (Å²) in [5.74, 6) is 6.62. The maximum atomic E-state index is 13.6. The Kier molecular flexibility index (Phi) is 8.51. The van der Waals surface area contributed by atoms with E-state index in [1.54, 1.807) is 7.05 Å². The molecule has 48 heavy (non-hydrogen) atoms. The number of rotatable bonds is 6.